The van der Waals surface area contributed by atoms with E-state index in [-0.39, 0.29) is 6.61 Å². The summed E-state index contributed by atoms with van der Waals surface area (Å²) < 4.78 is 0. The molecule has 2 aliphatic heterocycles. The number of pyridine rings is 1. The van der Waals surface area contributed by atoms with Crippen LogP contribution in [-0.4, -0.2) is 64.2 Å². The predicted molar refractivity (Wildman–Crippen MR) is 101 cm³/mol. The van der Waals surface area contributed by atoms with Gasteiger partial charge in [-0.25, -0.2) is 4.98 Å². The Kier molecular flexibility index (Phi) is 4.45. The van der Waals surface area contributed by atoms with E-state index in [4.69, 9.17) is 4.98 Å². The lowest BCUT2D eigenvalue weighted by molar-refractivity contribution is 0.109. The van der Waals surface area contributed by atoms with Gasteiger partial charge in [0.15, 0.2) is 0 Å². The van der Waals surface area contributed by atoms with Gasteiger partial charge in [0.25, 0.3) is 0 Å². The topological polar surface area (TPSA) is 64.5 Å². The summed E-state index contributed by atoms with van der Waals surface area (Å²) in [6.07, 6.45) is 4.65. The van der Waals surface area contributed by atoms with Crippen molar-refractivity contribution in [2.45, 2.75) is 19.4 Å². The number of likely N-dealkylation sites (N-methyl/N-ethyl adjacent to an activating group) is 1. The second-order valence-corrected chi connectivity index (χ2v) is 7.79. The Morgan fingerprint density at radius 2 is 2.28 bits per heavy atom. The lowest BCUT2D eigenvalue weighted by atomic mass is 10.1. The third-order valence-corrected chi connectivity index (χ3v) is 5.84. The van der Waals surface area contributed by atoms with Gasteiger partial charge in [0.05, 0.1) is 16.1 Å². The molecule has 4 heterocycles. The molecular formula is C18H23N5OS. The Labute approximate surface area is 151 Å². The third kappa shape index (κ3) is 3.03. The molecule has 1 atom stereocenters. The lowest BCUT2D eigenvalue weighted by Gasteiger charge is -2.41. The van der Waals surface area contributed by atoms with E-state index >= 15 is 0 Å². The van der Waals surface area contributed by atoms with Gasteiger partial charge in [-0.2, -0.15) is 0 Å². The van der Waals surface area contributed by atoms with Crippen molar-refractivity contribution in [2.24, 2.45) is 0 Å². The van der Waals surface area contributed by atoms with E-state index in [9.17, 15) is 5.11 Å². The van der Waals surface area contributed by atoms with Crippen LogP contribution in [0.25, 0.3) is 11.9 Å². The summed E-state index contributed by atoms with van der Waals surface area (Å²) in [5.74, 6) is 0. The molecule has 6 nitrogen and oxygen atoms in total. The van der Waals surface area contributed by atoms with Crippen molar-refractivity contribution in [3.05, 3.63) is 39.6 Å². The van der Waals surface area contributed by atoms with E-state index in [0.717, 1.165) is 58.0 Å². The number of nitrogens with one attached hydrogen (secondary N) is 1. The maximum Gasteiger partial charge on any atom is 0.124 e. The van der Waals surface area contributed by atoms with E-state index < -0.39 is 0 Å². The SMILES string of the molecule is Cc1nc2c(s1)NC=c1cccnc1=C2N1CCN(C)C(CCO)C1. The summed E-state index contributed by atoms with van der Waals surface area (Å²) in [6.45, 7) is 5.02. The van der Waals surface area contributed by atoms with Gasteiger partial charge in [-0.15, -0.1) is 11.3 Å². The minimum Gasteiger partial charge on any atom is -0.396 e. The molecule has 1 saturated heterocycles. The maximum atomic E-state index is 9.41. The molecule has 0 radical (unpaired) electrons. The van der Waals surface area contributed by atoms with Crippen LogP contribution in [-0.2, 0) is 0 Å². The summed E-state index contributed by atoms with van der Waals surface area (Å²) in [6, 6.07) is 4.38. The molecule has 7 heteroatoms. The zero-order chi connectivity index (χ0) is 17.4. The molecule has 2 aromatic heterocycles. The first-order valence-electron chi connectivity index (χ1n) is 8.63. The first-order chi connectivity index (χ1) is 12.2. The van der Waals surface area contributed by atoms with Crippen molar-refractivity contribution in [2.75, 3.05) is 38.6 Å². The van der Waals surface area contributed by atoms with Crippen LogP contribution in [0.15, 0.2) is 18.3 Å². The quantitative estimate of drug-likeness (QED) is 0.816. The van der Waals surface area contributed by atoms with Crippen LogP contribution in [0.1, 0.15) is 17.1 Å². The minimum absolute atomic E-state index is 0.212. The highest BCUT2D eigenvalue weighted by Gasteiger charge is 2.29. The Morgan fingerprint density at radius 3 is 3.12 bits per heavy atom. The minimum atomic E-state index is 0.212. The number of rotatable bonds is 3. The second-order valence-electron chi connectivity index (χ2n) is 6.58. The Hall–Kier alpha value is -1.96. The van der Waals surface area contributed by atoms with Crippen LogP contribution < -0.4 is 15.9 Å². The summed E-state index contributed by atoms with van der Waals surface area (Å²) in [4.78, 5) is 14.2. The Balaban J connectivity index is 1.86. The van der Waals surface area contributed by atoms with E-state index in [0.29, 0.717) is 6.04 Å². The van der Waals surface area contributed by atoms with Crippen LogP contribution in [0, 0.1) is 6.92 Å². The van der Waals surface area contributed by atoms with E-state index in [2.05, 4.69) is 33.2 Å². The molecule has 0 bridgehead atoms. The number of aryl methyl sites for hydroxylation is 1. The largest absolute Gasteiger partial charge is 0.396 e. The van der Waals surface area contributed by atoms with Gasteiger partial charge in [-0.1, -0.05) is 0 Å². The molecule has 25 heavy (non-hydrogen) atoms. The van der Waals surface area contributed by atoms with Crippen molar-refractivity contribution >= 4 is 28.2 Å². The molecule has 4 rings (SSSR count). The van der Waals surface area contributed by atoms with Crippen LogP contribution in [0.3, 0.4) is 0 Å². The highest BCUT2D eigenvalue weighted by molar-refractivity contribution is 7.16. The number of piperazine rings is 1. The number of fused-ring (bicyclic) bond motifs is 2. The van der Waals surface area contributed by atoms with Gasteiger partial charge in [0.1, 0.15) is 10.7 Å². The highest BCUT2D eigenvalue weighted by atomic mass is 32.1. The monoisotopic (exact) mass is 357 g/mol. The van der Waals surface area contributed by atoms with Gasteiger partial charge in [0, 0.05) is 49.9 Å². The molecule has 0 amide bonds. The molecule has 2 aliphatic rings. The zero-order valence-electron chi connectivity index (χ0n) is 14.6. The molecule has 0 aromatic carbocycles. The van der Waals surface area contributed by atoms with Gasteiger partial charge >= 0.3 is 0 Å². The number of aliphatic hydroxyl groups is 1. The third-order valence-electron chi connectivity index (χ3n) is 4.94. The number of hydrogen-bond acceptors (Lipinski definition) is 7. The summed E-state index contributed by atoms with van der Waals surface area (Å²) in [7, 11) is 2.13. The molecule has 2 aromatic rings. The summed E-state index contributed by atoms with van der Waals surface area (Å²) in [5.41, 5.74) is 2.09. The van der Waals surface area contributed by atoms with Gasteiger partial charge in [-0.3, -0.25) is 9.88 Å². The molecule has 0 spiro atoms. The normalized spacial score (nSPS) is 20.4. The maximum absolute atomic E-state index is 9.41. The Bertz CT molecular complexity index is 893. The predicted octanol–water partition coefficient (Wildman–Crippen LogP) is 0.165. The average Bonchev–Trinajstić information content (AvgIpc) is 2.90. The fourth-order valence-electron chi connectivity index (χ4n) is 3.58. The number of aliphatic hydroxyl groups excluding tert-OH is 1. The van der Waals surface area contributed by atoms with Crippen LogP contribution >= 0.6 is 11.3 Å². The number of anilines is 1. The van der Waals surface area contributed by atoms with E-state index in [1.54, 1.807) is 11.3 Å². The average molecular weight is 357 g/mol. The highest BCUT2D eigenvalue weighted by Crippen LogP contribution is 2.32. The Morgan fingerprint density at radius 1 is 1.40 bits per heavy atom. The number of hydrogen-bond donors (Lipinski definition) is 2. The van der Waals surface area contributed by atoms with Crippen molar-refractivity contribution in [3.8, 4) is 0 Å². The molecule has 1 fully saturated rings. The fraction of sp³-hybridized carbons (Fsp3) is 0.444. The van der Waals surface area contributed by atoms with E-state index in [1.807, 2.05) is 25.4 Å². The van der Waals surface area contributed by atoms with Crippen molar-refractivity contribution < 1.29 is 5.11 Å². The number of thiazole rings is 1. The molecular weight excluding hydrogens is 334 g/mol. The van der Waals surface area contributed by atoms with Crippen LogP contribution in [0.2, 0.25) is 0 Å². The summed E-state index contributed by atoms with van der Waals surface area (Å²) >= 11 is 1.67. The van der Waals surface area contributed by atoms with Gasteiger partial charge in [-0.05, 0) is 32.5 Å². The molecule has 0 saturated carbocycles. The standard InChI is InChI=1S/C18H23N5OS/c1-12-21-16-17(23-8-7-22(2)14(11-23)5-9-24)15-13(4-3-6-19-15)10-20-18(16)25-12/h3-4,6,10,14,20,24H,5,7-9,11H2,1-2H3. The first kappa shape index (κ1) is 16.5. The second kappa shape index (κ2) is 6.74. The molecule has 0 aliphatic carbocycles. The smallest absolute Gasteiger partial charge is 0.124 e. The van der Waals surface area contributed by atoms with E-state index in [1.165, 1.54) is 0 Å². The van der Waals surface area contributed by atoms with Crippen molar-refractivity contribution in [3.63, 3.8) is 0 Å². The van der Waals surface area contributed by atoms with Gasteiger partial charge in [0.2, 0.25) is 0 Å². The molecule has 2 N–H and O–H groups in total. The van der Waals surface area contributed by atoms with Crippen molar-refractivity contribution in [1.82, 2.24) is 19.8 Å². The van der Waals surface area contributed by atoms with Crippen LogP contribution in [0.5, 0.6) is 0 Å². The first-order valence-corrected chi connectivity index (χ1v) is 9.45. The number of nitrogens with zero attached hydrogens (tertiary/aromatic N) is 4. The number of aromatic nitrogens is 2. The lowest BCUT2D eigenvalue weighted by Crippen LogP contribution is -2.52. The molecule has 132 valence electrons. The summed E-state index contributed by atoms with van der Waals surface area (Å²) in [5, 5.41) is 17.0. The zero-order valence-corrected chi connectivity index (χ0v) is 15.4. The van der Waals surface area contributed by atoms with Crippen molar-refractivity contribution in [1.29, 1.82) is 0 Å². The fourth-order valence-corrected chi connectivity index (χ4v) is 4.37. The molecule has 1 unspecified atom stereocenters. The van der Waals surface area contributed by atoms with Crippen LogP contribution in [0.4, 0.5) is 5.00 Å². The van der Waals surface area contributed by atoms with Gasteiger partial charge < -0.3 is 15.3 Å².